The van der Waals surface area contributed by atoms with Gasteiger partial charge in [0.2, 0.25) is 5.91 Å². The van der Waals surface area contributed by atoms with Crippen molar-refractivity contribution in [1.29, 1.82) is 0 Å². The highest BCUT2D eigenvalue weighted by atomic mass is 16.7. The largest absolute Gasteiger partial charge is 0.355 e. The molecule has 0 aliphatic rings. The Balaban J connectivity index is 3.42. The fourth-order valence-electron chi connectivity index (χ4n) is 1.27. The maximum Gasteiger partial charge on any atom is 0.236 e. The van der Waals surface area contributed by atoms with Crippen LogP contribution in [0.25, 0.3) is 0 Å². The number of likely N-dealkylation sites (N-methyl/N-ethyl adjacent to an activating group) is 1. The molecule has 0 aromatic rings. The molecule has 0 fully saturated rings. The first-order valence-electron chi connectivity index (χ1n) is 6.31. The van der Waals surface area contributed by atoms with Crippen molar-refractivity contribution in [2.24, 2.45) is 5.73 Å². The second kappa shape index (κ2) is 8.44. The molecule has 5 nitrogen and oxygen atoms in total. The summed E-state index contributed by atoms with van der Waals surface area (Å²) in [5.74, 6) is -0.0635. The summed E-state index contributed by atoms with van der Waals surface area (Å²) in [6.07, 6.45) is 2.57. The lowest BCUT2D eigenvalue weighted by atomic mass is 10.1. The molecule has 0 spiro atoms. The van der Waals surface area contributed by atoms with Crippen molar-refractivity contribution in [2.75, 3.05) is 13.1 Å². The third-order valence-corrected chi connectivity index (χ3v) is 2.11. The van der Waals surface area contributed by atoms with Crippen LogP contribution >= 0.6 is 0 Å². The third kappa shape index (κ3) is 10.2. The molecule has 0 aliphatic carbocycles. The Bertz CT molecular complexity index is 214. The van der Waals surface area contributed by atoms with E-state index in [1.54, 1.807) is 0 Å². The minimum absolute atomic E-state index is 0.0635. The first-order chi connectivity index (χ1) is 7.87. The minimum atomic E-state index is -0.390. The van der Waals surface area contributed by atoms with Gasteiger partial charge in [0.05, 0.1) is 11.6 Å². The van der Waals surface area contributed by atoms with E-state index < -0.39 is 6.04 Å². The molecule has 0 bridgehead atoms. The minimum Gasteiger partial charge on any atom is -0.355 e. The van der Waals surface area contributed by atoms with E-state index in [2.05, 4.69) is 10.8 Å². The molecule has 5 heteroatoms. The van der Waals surface area contributed by atoms with E-state index in [1.165, 1.54) is 0 Å². The number of nitrogens with one attached hydrogen (secondary N) is 2. The van der Waals surface area contributed by atoms with Gasteiger partial charge in [-0.25, -0.2) is 5.48 Å². The highest BCUT2D eigenvalue weighted by Crippen LogP contribution is 2.04. The van der Waals surface area contributed by atoms with Crippen molar-refractivity contribution in [3.05, 3.63) is 0 Å². The number of carbonyl (C=O) groups excluding carboxylic acids is 1. The smallest absolute Gasteiger partial charge is 0.236 e. The molecule has 0 aromatic carbocycles. The Morgan fingerprint density at radius 2 is 2.00 bits per heavy atom. The van der Waals surface area contributed by atoms with E-state index in [0.717, 1.165) is 19.4 Å². The molecule has 0 radical (unpaired) electrons. The van der Waals surface area contributed by atoms with Crippen LogP contribution in [0.15, 0.2) is 0 Å². The molecular formula is C12H27N3O2. The highest BCUT2D eigenvalue weighted by molar-refractivity contribution is 5.81. The van der Waals surface area contributed by atoms with E-state index in [1.807, 2.05) is 27.7 Å². The molecule has 17 heavy (non-hydrogen) atoms. The molecule has 102 valence electrons. The van der Waals surface area contributed by atoms with Gasteiger partial charge in [-0.2, -0.15) is 0 Å². The summed E-state index contributed by atoms with van der Waals surface area (Å²) in [5.41, 5.74) is 8.47. The van der Waals surface area contributed by atoms with Gasteiger partial charge in [0.15, 0.2) is 0 Å². The van der Waals surface area contributed by atoms with Crippen molar-refractivity contribution in [3.8, 4) is 0 Å². The number of rotatable bonds is 8. The standard InChI is InChI=1S/C12H27N3O2/c1-5-14-11(16)10(13)8-6-7-9-15-17-12(2,3)4/h10,15H,5-9,13H2,1-4H3,(H,14,16)/t10-/m0/s1. The van der Waals surface area contributed by atoms with Gasteiger partial charge in [-0.15, -0.1) is 0 Å². The van der Waals surface area contributed by atoms with Gasteiger partial charge < -0.3 is 11.1 Å². The van der Waals surface area contributed by atoms with Crippen LogP contribution in [0.5, 0.6) is 0 Å². The van der Waals surface area contributed by atoms with Crippen LogP contribution in [0, 0.1) is 0 Å². The quantitative estimate of drug-likeness (QED) is 0.439. The lowest BCUT2D eigenvalue weighted by Crippen LogP contribution is -2.40. The Hall–Kier alpha value is -0.650. The number of hydroxylamine groups is 1. The molecular weight excluding hydrogens is 218 g/mol. The fourth-order valence-corrected chi connectivity index (χ4v) is 1.27. The Morgan fingerprint density at radius 1 is 1.35 bits per heavy atom. The zero-order chi connectivity index (χ0) is 13.3. The van der Waals surface area contributed by atoms with Crippen molar-refractivity contribution in [2.45, 2.75) is 58.6 Å². The predicted molar refractivity (Wildman–Crippen MR) is 69.4 cm³/mol. The van der Waals surface area contributed by atoms with Crippen LogP contribution in [0.4, 0.5) is 0 Å². The van der Waals surface area contributed by atoms with E-state index in [9.17, 15) is 4.79 Å². The molecule has 0 saturated heterocycles. The lowest BCUT2D eigenvalue weighted by Gasteiger charge is -2.19. The van der Waals surface area contributed by atoms with E-state index in [0.29, 0.717) is 13.0 Å². The molecule has 0 aliphatic heterocycles. The molecule has 0 unspecified atom stereocenters. The van der Waals surface area contributed by atoms with Gasteiger partial charge in [0, 0.05) is 13.1 Å². The third-order valence-electron chi connectivity index (χ3n) is 2.11. The highest BCUT2D eigenvalue weighted by Gasteiger charge is 2.12. The molecule has 0 saturated carbocycles. The van der Waals surface area contributed by atoms with Crippen LogP contribution in [-0.2, 0) is 9.63 Å². The molecule has 1 amide bonds. The number of nitrogens with two attached hydrogens (primary N) is 1. The van der Waals surface area contributed by atoms with Crippen molar-refractivity contribution in [1.82, 2.24) is 10.8 Å². The number of hydrogen-bond donors (Lipinski definition) is 3. The average molecular weight is 245 g/mol. The van der Waals surface area contributed by atoms with Gasteiger partial charge >= 0.3 is 0 Å². The Labute approximate surface area is 104 Å². The van der Waals surface area contributed by atoms with Crippen molar-refractivity contribution < 1.29 is 9.63 Å². The normalized spacial score (nSPS) is 13.5. The first-order valence-corrected chi connectivity index (χ1v) is 6.31. The van der Waals surface area contributed by atoms with E-state index >= 15 is 0 Å². The summed E-state index contributed by atoms with van der Waals surface area (Å²) in [4.78, 5) is 16.7. The first kappa shape index (κ1) is 16.4. The monoisotopic (exact) mass is 245 g/mol. The second-order valence-corrected chi connectivity index (χ2v) is 5.11. The predicted octanol–water partition coefficient (Wildman–Crippen LogP) is 0.940. The number of hydrogen-bond acceptors (Lipinski definition) is 4. The maximum atomic E-state index is 11.3. The second-order valence-electron chi connectivity index (χ2n) is 5.11. The summed E-state index contributed by atoms with van der Waals surface area (Å²) >= 11 is 0. The Kier molecular flexibility index (Phi) is 8.12. The summed E-state index contributed by atoms with van der Waals surface area (Å²) in [6.45, 7) is 9.27. The van der Waals surface area contributed by atoms with Gasteiger partial charge in [-0.1, -0.05) is 6.42 Å². The molecule has 4 N–H and O–H groups in total. The maximum absolute atomic E-state index is 11.3. The lowest BCUT2D eigenvalue weighted by molar-refractivity contribution is -0.122. The molecule has 0 rings (SSSR count). The topological polar surface area (TPSA) is 76.4 Å². The van der Waals surface area contributed by atoms with Crippen molar-refractivity contribution >= 4 is 5.91 Å². The molecule has 1 atom stereocenters. The summed E-state index contributed by atoms with van der Waals surface area (Å²) in [7, 11) is 0. The number of amides is 1. The van der Waals surface area contributed by atoms with Crippen LogP contribution in [0.2, 0.25) is 0 Å². The van der Waals surface area contributed by atoms with Gasteiger partial charge in [-0.3, -0.25) is 9.63 Å². The zero-order valence-electron chi connectivity index (χ0n) is 11.5. The summed E-state index contributed by atoms with van der Waals surface area (Å²) in [5, 5.41) is 2.71. The molecule has 0 aromatic heterocycles. The van der Waals surface area contributed by atoms with Crippen molar-refractivity contribution in [3.63, 3.8) is 0 Å². The van der Waals surface area contributed by atoms with Gasteiger partial charge in [0.1, 0.15) is 0 Å². The van der Waals surface area contributed by atoms with Crippen LogP contribution in [-0.4, -0.2) is 30.6 Å². The van der Waals surface area contributed by atoms with E-state index in [4.69, 9.17) is 10.6 Å². The average Bonchev–Trinajstić information content (AvgIpc) is 2.21. The van der Waals surface area contributed by atoms with Gasteiger partial charge in [-0.05, 0) is 40.5 Å². The summed E-state index contributed by atoms with van der Waals surface area (Å²) < 4.78 is 0. The fraction of sp³-hybridized carbons (Fsp3) is 0.917. The SMILES string of the molecule is CCNC(=O)[C@@H](N)CCCCNOC(C)(C)C. The van der Waals surface area contributed by atoms with Crippen LogP contribution < -0.4 is 16.5 Å². The number of carbonyl (C=O) groups is 1. The van der Waals surface area contributed by atoms with E-state index in [-0.39, 0.29) is 11.5 Å². The Morgan fingerprint density at radius 3 is 2.53 bits per heavy atom. The van der Waals surface area contributed by atoms with Crippen LogP contribution in [0.3, 0.4) is 0 Å². The van der Waals surface area contributed by atoms with Crippen LogP contribution in [0.1, 0.15) is 47.0 Å². The van der Waals surface area contributed by atoms with Gasteiger partial charge in [0.25, 0.3) is 0 Å². The zero-order valence-corrected chi connectivity index (χ0v) is 11.5. The molecule has 0 heterocycles. The number of unbranched alkanes of at least 4 members (excludes halogenated alkanes) is 1. The summed E-state index contributed by atoms with van der Waals surface area (Å²) in [6, 6.07) is -0.390.